The molecule has 1 amide bonds. The van der Waals surface area contributed by atoms with Crippen molar-refractivity contribution >= 4 is 17.2 Å². The molecule has 0 spiro atoms. The third-order valence-corrected chi connectivity index (χ3v) is 3.97. The van der Waals surface area contributed by atoms with E-state index in [1.54, 1.807) is 6.07 Å². The highest BCUT2D eigenvalue weighted by molar-refractivity contribution is 6.03. The molecule has 3 aromatic heterocycles. The van der Waals surface area contributed by atoms with Crippen LogP contribution in [0.1, 0.15) is 10.5 Å². The molecule has 0 atom stereocenters. The predicted molar refractivity (Wildman–Crippen MR) is 98.1 cm³/mol. The van der Waals surface area contributed by atoms with Crippen molar-refractivity contribution in [3.05, 3.63) is 83.0 Å². The van der Waals surface area contributed by atoms with Crippen molar-refractivity contribution in [1.29, 1.82) is 0 Å². The number of aryl methyl sites for hydroxylation is 1. The largest absolute Gasteiger partial charge is 0.321 e. The van der Waals surface area contributed by atoms with E-state index in [4.69, 9.17) is 0 Å². The Morgan fingerprint density at radius 3 is 2.77 bits per heavy atom. The fourth-order valence-corrected chi connectivity index (χ4v) is 2.65. The van der Waals surface area contributed by atoms with E-state index in [0.29, 0.717) is 5.69 Å². The number of fused-ring (bicyclic) bond motifs is 1. The van der Waals surface area contributed by atoms with Crippen LogP contribution < -0.4 is 10.9 Å². The van der Waals surface area contributed by atoms with Crippen LogP contribution in [0.3, 0.4) is 0 Å². The third kappa shape index (κ3) is 2.98. The zero-order chi connectivity index (χ0) is 18.1. The van der Waals surface area contributed by atoms with E-state index in [9.17, 15) is 9.59 Å². The Balaban J connectivity index is 1.62. The number of amides is 1. The van der Waals surface area contributed by atoms with E-state index in [1.165, 1.54) is 19.2 Å². The molecule has 7 nitrogen and oxygen atoms in total. The molecule has 1 N–H and O–H groups in total. The van der Waals surface area contributed by atoms with Gasteiger partial charge >= 0.3 is 0 Å². The lowest BCUT2D eigenvalue weighted by atomic mass is 10.1. The van der Waals surface area contributed by atoms with Crippen molar-refractivity contribution in [1.82, 2.24) is 19.2 Å². The number of nitrogens with zero attached hydrogens (tertiary/aromatic N) is 4. The van der Waals surface area contributed by atoms with Crippen LogP contribution in [-0.4, -0.2) is 25.1 Å². The summed E-state index contributed by atoms with van der Waals surface area (Å²) in [4.78, 5) is 28.3. The molecule has 0 unspecified atom stereocenters. The maximum atomic E-state index is 12.4. The summed E-state index contributed by atoms with van der Waals surface area (Å²) in [5.41, 5.74) is 3.08. The Morgan fingerprint density at radius 1 is 1.08 bits per heavy atom. The van der Waals surface area contributed by atoms with Crippen molar-refractivity contribution in [2.24, 2.45) is 7.05 Å². The smallest absolute Gasteiger partial charge is 0.276 e. The number of benzene rings is 1. The molecular weight excluding hydrogens is 330 g/mol. The molecule has 128 valence electrons. The Bertz CT molecular complexity index is 1140. The van der Waals surface area contributed by atoms with Crippen molar-refractivity contribution in [2.45, 2.75) is 0 Å². The second kappa shape index (κ2) is 6.29. The average molecular weight is 345 g/mol. The number of imidazole rings is 1. The average Bonchev–Trinajstić information content (AvgIpc) is 3.08. The fourth-order valence-electron chi connectivity index (χ4n) is 2.65. The number of anilines is 1. The summed E-state index contributed by atoms with van der Waals surface area (Å²) in [5.74, 6) is -0.382. The van der Waals surface area contributed by atoms with Gasteiger partial charge in [-0.15, -0.1) is 0 Å². The highest BCUT2D eigenvalue weighted by Gasteiger charge is 2.10. The molecular formula is C19H15N5O2. The number of nitrogens with one attached hydrogen (secondary N) is 1. The maximum Gasteiger partial charge on any atom is 0.276 e. The zero-order valence-corrected chi connectivity index (χ0v) is 14.0. The molecule has 0 bridgehead atoms. The molecule has 3 heterocycles. The first-order valence-electron chi connectivity index (χ1n) is 8.00. The molecule has 0 saturated heterocycles. The molecule has 0 saturated carbocycles. The molecule has 7 heteroatoms. The minimum absolute atomic E-state index is 0.172. The van der Waals surface area contributed by atoms with Crippen molar-refractivity contribution < 1.29 is 4.79 Å². The molecule has 0 aliphatic heterocycles. The van der Waals surface area contributed by atoms with Gasteiger partial charge in [-0.3, -0.25) is 9.59 Å². The van der Waals surface area contributed by atoms with Crippen LogP contribution >= 0.6 is 0 Å². The van der Waals surface area contributed by atoms with Gasteiger partial charge in [-0.2, -0.15) is 5.10 Å². The van der Waals surface area contributed by atoms with Gasteiger partial charge in [0.05, 0.1) is 5.69 Å². The third-order valence-electron chi connectivity index (χ3n) is 3.97. The monoisotopic (exact) mass is 345 g/mol. The highest BCUT2D eigenvalue weighted by atomic mass is 16.2. The topological polar surface area (TPSA) is 81.3 Å². The van der Waals surface area contributed by atoms with Crippen LogP contribution in [0, 0.1) is 0 Å². The van der Waals surface area contributed by atoms with Gasteiger partial charge in [-0.05, 0) is 30.3 Å². The van der Waals surface area contributed by atoms with E-state index < -0.39 is 0 Å². The summed E-state index contributed by atoms with van der Waals surface area (Å²) in [5, 5.41) is 6.75. The summed E-state index contributed by atoms with van der Waals surface area (Å²) in [6.45, 7) is 0. The molecule has 0 radical (unpaired) electrons. The number of rotatable bonds is 3. The van der Waals surface area contributed by atoms with E-state index >= 15 is 0 Å². The van der Waals surface area contributed by atoms with Crippen molar-refractivity contribution in [3.8, 4) is 11.3 Å². The van der Waals surface area contributed by atoms with Crippen molar-refractivity contribution in [2.75, 3.05) is 5.32 Å². The number of hydrogen-bond acceptors (Lipinski definition) is 4. The van der Waals surface area contributed by atoms with E-state index in [0.717, 1.165) is 21.6 Å². The predicted octanol–water partition coefficient (Wildman–Crippen LogP) is 2.35. The molecule has 4 aromatic rings. The molecule has 26 heavy (non-hydrogen) atoms. The van der Waals surface area contributed by atoms with Crippen LogP contribution in [0.5, 0.6) is 0 Å². The van der Waals surface area contributed by atoms with Gasteiger partial charge in [0.1, 0.15) is 11.3 Å². The summed E-state index contributed by atoms with van der Waals surface area (Å²) in [7, 11) is 1.50. The second-order valence-corrected chi connectivity index (χ2v) is 5.81. The summed E-state index contributed by atoms with van der Waals surface area (Å²) < 4.78 is 3.07. The molecule has 0 aliphatic rings. The van der Waals surface area contributed by atoms with Gasteiger partial charge < -0.3 is 9.72 Å². The molecule has 0 fully saturated rings. The van der Waals surface area contributed by atoms with Gasteiger partial charge in [-0.1, -0.05) is 18.2 Å². The molecule has 4 rings (SSSR count). The molecule has 0 aliphatic carbocycles. The lowest BCUT2D eigenvalue weighted by molar-refractivity contribution is 0.102. The Hall–Kier alpha value is -3.74. The highest BCUT2D eigenvalue weighted by Crippen LogP contribution is 2.22. The van der Waals surface area contributed by atoms with Gasteiger partial charge in [0.25, 0.3) is 11.5 Å². The Morgan fingerprint density at radius 2 is 1.96 bits per heavy atom. The Labute approximate surface area is 148 Å². The van der Waals surface area contributed by atoms with Crippen LogP contribution in [0.2, 0.25) is 0 Å². The Kier molecular flexibility index (Phi) is 3.81. The van der Waals surface area contributed by atoms with E-state index in [-0.39, 0.29) is 17.2 Å². The standard InChI is InChI=1S/C19H15N5O2/c1-23-18(25)9-8-15(22-23)19(26)20-14-6-4-5-13(11-14)16-12-24-10-3-2-7-17(24)21-16/h2-12H,1H3,(H,20,26). The van der Waals surface area contributed by atoms with Gasteiger partial charge in [0, 0.05) is 36.8 Å². The lowest BCUT2D eigenvalue weighted by Gasteiger charge is -2.06. The lowest BCUT2D eigenvalue weighted by Crippen LogP contribution is -2.23. The SMILES string of the molecule is Cn1nc(C(=O)Nc2cccc(-c3cn4ccccc4n3)c2)ccc1=O. The second-order valence-electron chi connectivity index (χ2n) is 5.81. The quantitative estimate of drug-likeness (QED) is 0.618. The van der Waals surface area contributed by atoms with Gasteiger partial charge in [-0.25, -0.2) is 9.67 Å². The van der Waals surface area contributed by atoms with Crippen LogP contribution in [-0.2, 0) is 7.05 Å². The summed E-state index contributed by atoms with van der Waals surface area (Å²) in [6, 6.07) is 15.9. The first-order chi connectivity index (χ1) is 12.6. The number of aromatic nitrogens is 4. The fraction of sp³-hybridized carbons (Fsp3) is 0.0526. The molecule has 1 aromatic carbocycles. The van der Waals surface area contributed by atoms with Crippen LogP contribution in [0.15, 0.2) is 71.8 Å². The van der Waals surface area contributed by atoms with E-state index in [2.05, 4.69) is 15.4 Å². The normalized spacial score (nSPS) is 10.8. The number of carbonyl (C=O) groups is 1. The minimum Gasteiger partial charge on any atom is -0.321 e. The van der Waals surface area contributed by atoms with Crippen LogP contribution in [0.25, 0.3) is 16.9 Å². The van der Waals surface area contributed by atoms with Crippen LogP contribution in [0.4, 0.5) is 5.69 Å². The first kappa shape index (κ1) is 15.8. The maximum absolute atomic E-state index is 12.4. The summed E-state index contributed by atoms with van der Waals surface area (Å²) in [6.07, 6.45) is 3.87. The van der Waals surface area contributed by atoms with Gasteiger partial charge in [0.2, 0.25) is 0 Å². The minimum atomic E-state index is -0.382. The summed E-state index contributed by atoms with van der Waals surface area (Å²) >= 11 is 0. The number of hydrogen-bond donors (Lipinski definition) is 1. The number of pyridine rings is 1. The zero-order valence-electron chi connectivity index (χ0n) is 14.0. The van der Waals surface area contributed by atoms with Gasteiger partial charge in [0.15, 0.2) is 0 Å². The van der Waals surface area contributed by atoms with Crippen molar-refractivity contribution in [3.63, 3.8) is 0 Å². The number of carbonyl (C=O) groups excluding carboxylic acids is 1. The first-order valence-corrected chi connectivity index (χ1v) is 8.00. The van der Waals surface area contributed by atoms with E-state index in [1.807, 2.05) is 53.2 Å².